The Morgan fingerprint density at radius 2 is 0.882 bits per heavy atom. The van der Waals surface area contributed by atoms with Gasteiger partial charge in [-0.15, -0.1) is 0 Å². The Hall–Kier alpha value is -6.72. The molecule has 0 saturated carbocycles. The summed E-state index contributed by atoms with van der Waals surface area (Å²) < 4.78 is 2.31. The van der Waals surface area contributed by atoms with E-state index in [0.717, 1.165) is 50.5 Å². The van der Waals surface area contributed by atoms with E-state index < -0.39 is 0 Å². The first kappa shape index (κ1) is 30.3. The van der Waals surface area contributed by atoms with Crippen LogP contribution in [0.15, 0.2) is 176 Å². The predicted octanol–water partition coefficient (Wildman–Crippen LogP) is 10.8. The van der Waals surface area contributed by atoms with Gasteiger partial charge in [-0.3, -0.25) is 4.57 Å². The number of benzene rings is 6. The molecular weight excluding hydrogens is 623 g/mol. The summed E-state index contributed by atoms with van der Waals surface area (Å²) in [5.41, 5.74) is 9.86. The van der Waals surface area contributed by atoms with Gasteiger partial charge in [0.1, 0.15) is 11.6 Å². The number of aromatic nitrogens is 5. The lowest BCUT2D eigenvalue weighted by atomic mass is 9.94. The number of aryl methyl sites for hydroxylation is 2. The predicted molar refractivity (Wildman–Crippen MR) is 208 cm³/mol. The first-order valence-electron chi connectivity index (χ1n) is 17.3. The molecule has 3 heterocycles. The van der Waals surface area contributed by atoms with E-state index in [9.17, 15) is 0 Å². The summed E-state index contributed by atoms with van der Waals surface area (Å²) >= 11 is 0. The van der Waals surface area contributed by atoms with Gasteiger partial charge in [0.2, 0.25) is 0 Å². The van der Waals surface area contributed by atoms with Crippen LogP contribution in [0.4, 0.5) is 0 Å². The fourth-order valence-electron chi connectivity index (χ4n) is 7.00. The van der Waals surface area contributed by atoms with Crippen molar-refractivity contribution in [2.45, 2.75) is 12.8 Å². The van der Waals surface area contributed by atoms with Crippen LogP contribution in [0.3, 0.4) is 0 Å². The van der Waals surface area contributed by atoms with E-state index in [1.165, 1.54) is 21.9 Å². The van der Waals surface area contributed by atoms with Gasteiger partial charge in [0.05, 0.1) is 11.0 Å². The highest BCUT2D eigenvalue weighted by atomic mass is 15.1. The summed E-state index contributed by atoms with van der Waals surface area (Å²) in [5, 5.41) is 2.41. The Kier molecular flexibility index (Phi) is 7.91. The maximum atomic E-state index is 5.28. The van der Waals surface area contributed by atoms with Crippen molar-refractivity contribution in [3.63, 3.8) is 0 Å². The van der Waals surface area contributed by atoms with Gasteiger partial charge in [0, 0.05) is 40.1 Å². The second-order valence-corrected chi connectivity index (χ2v) is 12.6. The van der Waals surface area contributed by atoms with E-state index in [1.807, 2.05) is 66.9 Å². The van der Waals surface area contributed by atoms with E-state index in [2.05, 4.69) is 114 Å². The lowest BCUT2D eigenvalue weighted by molar-refractivity contribution is 0.833. The second kappa shape index (κ2) is 13.3. The Morgan fingerprint density at radius 3 is 1.45 bits per heavy atom. The number of nitrogens with zero attached hydrogens (tertiary/aromatic N) is 5. The molecule has 0 N–H and O–H groups in total. The molecule has 0 atom stereocenters. The molecule has 51 heavy (non-hydrogen) atoms. The van der Waals surface area contributed by atoms with Crippen molar-refractivity contribution in [3.05, 3.63) is 187 Å². The minimum absolute atomic E-state index is 0.609. The quantitative estimate of drug-likeness (QED) is 0.163. The van der Waals surface area contributed by atoms with Crippen LogP contribution in [0.1, 0.15) is 11.4 Å². The average Bonchev–Trinajstić information content (AvgIpc) is 3.55. The van der Waals surface area contributed by atoms with Crippen LogP contribution in [0, 0.1) is 0 Å². The molecular formula is C46H33N5. The fraction of sp³-hybridized carbons (Fsp3) is 0.0435. The molecule has 0 saturated heterocycles. The van der Waals surface area contributed by atoms with Crippen molar-refractivity contribution < 1.29 is 0 Å². The van der Waals surface area contributed by atoms with Crippen LogP contribution in [0.25, 0.3) is 72.7 Å². The Morgan fingerprint density at radius 1 is 0.412 bits per heavy atom. The molecule has 0 radical (unpaired) electrons. The molecule has 5 heteroatoms. The maximum Gasteiger partial charge on any atom is 0.163 e. The number of rotatable bonds is 8. The number of hydrogen-bond acceptors (Lipinski definition) is 4. The van der Waals surface area contributed by atoms with Crippen molar-refractivity contribution in [1.82, 2.24) is 24.5 Å². The van der Waals surface area contributed by atoms with E-state index in [0.29, 0.717) is 24.5 Å². The SMILES string of the molecule is c1ccc(-c2nc(CCc3cc(-c4ccccc4-c4ccccc4)cnc3-n3c4ccccc4c4ccccc43)nc(-c3ccccc3)n2)cc1. The van der Waals surface area contributed by atoms with Crippen LogP contribution in [0.5, 0.6) is 0 Å². The van der Waals surface area contributed by atoms with Crippen LogP contribution in [-0.2, 0) is 12.8 Å². The zero-order valence-corrected chi connectivity index (χ0v) is 27.9. The minimum atomic E-state index is 0.609. The van der Waals surface area contributed by atoms with Crippen LogP contribution in [0.2, 0.25) is 0 Å². The third kappa shape index (κ3) is 5.85. The second-order valence-electron chi connectivity index (χ2n) is 12.6. The molecule has 3 aromatic heterocycles. The molecule has 0 unspecified atom stereocenters. The lowest BCUT2D eigenvalue weighted by Gasteiger charge is -2.16. The monoisotopic (exact) mass is 655 g/mol. The molecule has 0 bridgehead atoms. The summed E-state index contributed by atoms with van der Waals surface area (Å²) in [7, 11) is 0. The van der Waals surface area contributed by atoms with E-state index in [1.54, 1.807) is 0 Å². The zero-order chi connectivity index (χ0) is 34.0. The van der Waals surface area contributed by atoms with Crippen molar-refractivity contribution in [1.29, 1.82) is 0 Å². The molecule has 5 nitrogen and oxygen atoms in total. The van der Waals surface area contributed by atoms with E-state index in [-0.39, 0.29) is 0 Å². The zero-order valence-electron chi connectivity index (χ0n) is 27.9. The van der Waals surface area contributed by atoms with Crippen LogP contribution < -0.4 is 0 Å². The van der Waals surface area contributed by atoms with Crippen molar-refractivity contribution in [2.24, 2.45) is 0 Å². The number of pyridine rings is 1. The van der Waals surface area contributed by atoms with Gasteiger partial charge in [-0.05, 0) is 46.9 Å². The topological polar surface area (TPSA) is 56.5 Å². The number of hydrogen-bond donors (Lipinski definition) is 0. The molecule has 9 aromatic rings. The van der Waals surface area contributed by atoms with E-state index >= 15 is 0 Å². The molecule has 242 valence electrons. The molecule has 0 fully saturated rings. The van der Waals surface area contributed by atoms with Gasteiger partial charge >= 0.3 is 0 Å². The van der Waals surface area contributed by atoms with Crippen molar-refractivity contribution in [3.8, 4) is 50.8 Å². The maximum absolute atomic E-state index is 5.28. The van der Waals surface area contributed by atoms with Gasteiger partial charge in [-0.2, -0.15) is 0 Å². The van der Waals surface area contributed by atoms with Gasteiger partial charge < -0.3 is 0 Å². The summed E-state index contributed by atoms with van der Waals surface area (Å²) in [5.74, 6) is 3.00. The molecule has 0 aliphatic heterocycles. The van der Waals surface area contributed by atoms with Gasteiger partial charge in [0.15, 0.2) is 11.6 Å². The molecule has 0 amide bonds. The highest BCUT2D eigenvalue weighted by molar-refractivity contribution is 6.09. The largest absolute Gasteiger partial charge is 0.294 e. The third-order valence-electron chi connectivity index (χ3n) is 9.42. The molecule has 0 aliphatic rings. The number of para-hydroxylation sites is 2. The normalized spacial score (nSPS) is 11.3. The van der Waals surface area contributed by atoms with Gasteiger partial charge in [-0.25, -0.2) is 19.9 Å². The molecule has 9 rings (SSSR count). The van der Waals surface area contributed by atoms with Gasteiger partial charge in [0.25, 0.3) is 0 Å². The Balaban J connectivity index is 1.20. The smallest absolute Gasteiger partial charge is 0.163 e. The summed E-state index contributed by atoms with van der Waals surface area (Å²) in [4.78, 5) is 20.2. The standard InChI is InChI=1S/C46H33N5/c1-4-16-32(17-5-1)37-22-10-11-23-38(37)36-30-35(46(47-31-36)51-41-26-14-12-24-39(41)40-25-13-15-27-42(40)51)28-29-43-48-44(33-18-6-2-7-19-33)50-45(49-43)34-20-8-3-9-21-34/h1-27,30-31H,28-29H2. The minimum Gasteiger partial charge on any atom is -0.294 e. The molecule has 0 aliphatic carbocycles. The third-order valence-corrected chi connectivity index (χ3v) is 9.42. The number of fused-ring (bicyclic) bond motifs is 3. The summed E-state index contributed by atoms with van der Waals surface area (Å²) in [6, 6.07) is 58.9. The summed E-state index contributed by atoms with van der Waals surface area (Å²) in [6.45, 7) is 0. The summed E-state index contributed by atoms with van der Waals surface area (Å²) in [6.07, 6.45) is 3.31. The Labute approximate surface area is 296 Å². The van der Waals surface area contributed by atoms with Crippen molar-refractivity contribution in [2.75, 3.05) is 0 Å². The highest BCUT2D eigenvalue weighted by Gasteiger charge is 2.19. The highest BCUT2D eigenvalue weighted by Crippen LogP contribution is 2.36. The first-order valence-corrected chi connectivity index (χ1v) is 17.3. The van der Waals surface area contributed by atoms with Crippen LogP contribution in [-0.4, -0.2) is 24.5 Å². The van der Waals surface area contributed by atoms with E-state index in [4.69, 9.17) is 19.9 Å². The Bertz CT molecular complexity index is 2520. The lowest BCUT2D eigenvalue weighted by Crippen LogP contribution is -2.08. The average molecular weight is 656 g/mol. The molecule has 6 aromatic carbocycles. The fourth-order valence-corrected chi connectivity index (χ4v) is 7.00. The van der Waals surface area contributed by atoms with Crippen molar-refractivity contribution >= 4 is 21.8 Å². The first-order chi connectivity index (χ1) is 25.3. The molecule has 0 spiro atoms. The van der Waals surface area contributed by atoms with Crippen LogP contribution >= 0.6 is 0 Å². The van der Waals surface area contributed by atoms with Gasteiger partial charge in [-0.1, -0.05) is 152 Å².